The zero-order valence-electron chi connectivity index (χ0n) is 9.69. The minimum absolute atomic E-state index is 0.126. The summed E-state index contributed by atoms with van der Waals surface area (Å²) in [4.78, 5) is 0.126. The minimum atomic E-state index is -3.78. The molecule has 0 N–H and O–H groups in total. The highest BCUT2D eigenvalue weighted by molar-refractivity contribution is 7.89. The molecule has 1 aliphatic rings. The van der Waals surface area contributed by atoms with Gasteiger partial charge in [-0.25, -0.2) is 0 Å². The standard InChI is InChI=1S/C12H11N3O2S/c1-10-4-6-12(7-5-10)18(16,17)15-11(9-13)3-2-8-14-15/h2-8,11H,1H3/t11-/m0/s1. The van der Waals surface area contributed by atoms with E-state index in [4.69, 9.17) is 5.26 Å². The summed E-state index contributed by atoms with van der Waals surface area (Å²) in [6.45, 7) is 1.87. The van der Waals surface area contributed by atoms with Gasteiger partial charge in [0.1, 0.15) is 0 Å². The van der Waals surface area contributed by atoms with E-state index >= 15 is 0 Å². The van der Waals surface area contributed by atoms with E-state index in [2.05, 4.69) is 5.10 Å². The molecule has 1 aromatic carbocycles. The Kier molecular flexibility index (Phi) is 3.17. The number of nitrogens with zero attached hydrogens (tertiary/aromatic N) is 3. The van der Waals surface area contributed by atoms with E-state index in [-0.39, 0.29) is 4.90 Å². The molecule has 92 valence electrons. The van der Waals surface area contributed by atoms with Gasteiger partial charge in [0.05, 0.1) is 11.0 Å². The molecule has 0 bridgehead atoms. The van der Waals surface area contributed by atoms with Gasteiger partial charge in [-0.15, -0.1) is 0 Å². The molecule has 0 spiro atoms. The molecule has 18 heavy (non-hydrogen) atoms. The molecule has 0 saturated heterocycles. The molecule has 0 amide bonds. The van der Waals surface area contributed by atoms with Gasteiger partial charge < -0.3 is 0 Å². The van der Waals surface area contributed by atoms with Crippen LogP contribution in [0.5, 0.6) is 0 Å². The Bertz CT molecular complexity index is 639. The summed E-state index contributed by atoms with van der Waals surface area (Å²) in [5.74, 6) is 0. The Labute approximate surface area is 106 Å². The van der Waals surface area contributed by atoms with E-state index in [1.807, 2.05) is 13.0 Å². The van der Waals surface area contributed by atoms with E-state index < -0.39 is 16.1 Å². The predicted molar refractivity (Wildman–Crippen MR) is 67.2 cm³/mol. The number of allylic oxidation sites excluding steroid dienone is 1. The lowest BCUT2D eigenvalue weighted by Crippen LogP contribution is -2.35. The lowest BCUT2D eigenvalue weighted by Gasteiger charge is -2.23. The van der Waals surface area contributed by atoms with Gasteiger partial charge in [0.2, 0.25) is 0 Å². The van der Waals surface area contributed by atoms with Crippen molar-refractivity contribution in [2.45, 2.75) is 17.9 Å². The van der Waals surface area contributed by atoms with Crippen molar-refractivity contribution in [2.24, 2.45) is 5.10 Å². The molecular weight excluding hydrogens is 250 g/mol. The monoisotopic (exact) mass is 261 g/mol. The number of rotatable bonds is 2. The topological polar surface area (TPSA) is 73.5 Å². The first-order chi connectivity index (χ1) is 8.55. The fourth-order valence-corrected chi connectivity index (χ4v) is 2.82. The molecule has 2 rings (SSSR count). The number of hydrazone groups is 1. The largest absolute Gasteiger partial charge is 0.280 e. The lowest BCUT2D eigenvalue weighted by molar-refractivity contribution is 0.421. The van der Waals surface area contributed by atoms with Crippen LogP contribution in [0.15, 0.2) is 46.4 Å². The van der Waals surface area contributed by atoms with Crippen LogP contribution in [0.1, 0.15) is 5.56 Å². The third-order valence-electron chi connectivity index (χ3n) is 2.50. The van der Waals surface area contributed by atoms with Crippen LogP contribution in [0.4, 0.5) is 0 Å². The second-order valence-corrected chi connectivity index (χ2v) is 5.61. The van der Waals surface area contributed by atoms with Crippen LogP contribution in [0.2, 0.25) is 0 Å². The van der Waals surface area contributed by atoms with Crippen molar-refractivity contribution in [2.75, 3.05) is 0 Å². The highest BCUT2D eigenvalue weighted by Crippen LogP contribution is 2.20. The van der Waals surface area contributed by atoms with Gasteiger partial charge in [-0.05, 0) is 31.2 Å². The molecule has 0 fully saturated rings. The fraction of sp³-hybridized carbons (Fsp3) is 0.167. The van der Waals surface area contributed by atoms with E-state index in [1.165, 1.54) is 24.4 Å². The molecule has 6 heteroatoms. The second kappa shape index (κ2) is 4.63. The Morgan fingerprint density at radius 1 is 1.33 bits per heavy atom. The van der Waals surface area contributed by atoms with Gasteiger partial charge in [0.25, 0.3) is 10.0 Å². The smallest absolute Gasteiger partial charge is 0.200 e. The first-order valence-corrected chi connectivity index (χ1v) is 6.71. The second-order valence-electron chi connectivity index (χ2n) is 3.81. The van der Waals surface area contributed by atoms with Crippen molar-refractivity contribution in [3.8, 4) is 6.07 Å². The Morgan fingerprint density at radius 2 is 2.00 bits per heavy atom. The number of hydrogen-bond acceptors (Lipinski definition) is 4. The van der Waals surface area contributed by atoms with Crippen LogP contribution in [0.3, 0.4) is 0 Å². The van der Waals surface area contributed by atoms with Gasteiger partial charge in [-0.3, -0.25) is 0 Å². The van der Waals surface area contributed by atoms with Crippen molar-refractivity contribution in [1.82, 2.24) is 4.41 Å². The SMILES string of the molecule is Cc1ccc(S(=O)(=O)N2N=CC=C[C@H]2C#N)cc1. The van der Waals surface area contributed by atoms with Crippen LogP contribution in [0.25, 0.3) is 0 Å². The molecular formula is C12H11N3O2S. The quantitative estimate of drug-likeness (QED) is 0.808. The average molecular weight is 261 g/mol. The van der Waals surface area contributed by atoms with Crippen LogP contribution >= 0.6 is 0 Å². The molecule has 1 atom stereocenters. The molecule has 0 aliphatic carbocycles. The number of aryl methyl sites for hydroxylation is 1. The normalized spacial score (nSPS) is 18.7. The van der Waals surface area contributed by atoms with Gasteiger partial charge in [0.15, 0.2) is 6.04 Å². The maximum Gasteiger partial charge on any atom is 0.280 e. The summed E-state index contributed by atoms with van der Waals surface area (Å²) in [7, 11) is -3.78. The Balaban J connectivity index is 2.43. The summed E-state index contributed by atoms with van der Waals surface area (Å²) < 4.78 is 25.4. The third kappa shape index (κ3) is 2.13. The summed E-state index contributed by atoms with van der Waals surface area (Å²) in [5, 5.41) is 12.7. The number of sulfonamides is 1. The summed E-state index contributed by atoms with van der Waals surface area (Å²) in [5.41, 5.74) is 0.966. The van der Waals surface area contributed by atoms with E-state index in [1.54, 1.807) is 18.2 Å². The molecule has 0 saturated carbocycles. The van der Waals surface area contributed by atoms with Gasteiger partial charge >= 0.3 is 0 Å². The van der Waals surface area contributed by atoms with Crippen LogP contribution in [-0.4, -0.2) is 25.1 Å². The van der Waals surface area contributed by atoms with Crippen LogP contribution in [0, 0.1) is 18.3 Å². The highest BCUT2D eigenvalue weighted by atomic mass is 32.2. The molecule has 1 aliphatic heterocycles. The average Bonchev–Trinajstić information content (AvgIpc) is 2.39. The zero-order chi connectivity index (χ0) is 13.2. The Hall–Kier alpha value is -2.13. The highest BCUT2D eigenvalue weighted by Gasteiger charge is 2.29. The number of nitriles is 1. The van der Waals surface area contributed by atoms with E-state index in [0.717, 1.165) is 9.98 Å². The first kappa shape index (κ1) is 12.3. The van der Waals surface area contributed by atoms with Crippen LogP contribution in [-0.2, 0) is 10.0 Å². The van der Waals surface area contributed by atoms with Crippen molar-refractivity contribution in [1.29, 1.82) is 5.26 Å². The number of hydrogen-bond donors (Lipinski definition) is 0. The maximum absolute atomic E-state index is 12.3. The fourth-order valence-electron chi connectivity index (χ4n) is 1.53. The maximum atomic E-state index is 12.3. The molecule has 1 aromatic rings. The molecule has 0 aromatic heterocycles. The molecule has 5 nitrogen and oxygen atoms in total. The summed E-state index contributed by atoms with van der Waals surface area (Å²) >= 11 is 0. The van der Waals surface area contributed by atoms with Crippen molar-refractivity contribution in [3.05, 3.63) is 42.0 Å². The van der Waals surface area contributed by atoms with Crippen LogP contribution < -0.4 is 0 Å². The molecule has 0 radical (unpaired) electrons. The summed E-state index contributed by atoms with van der Waals surface area (Å²) in [6.07, 6.45) is 4.38. The van der Waals surface area contributed by atoms with Crippen molar-refractivity contribution >= 4 is 16.2 Å². The van der Waals surface area contributed by atoms with Crippen molar-refractivity contribution < 1.29 is 8.42 Å². The molecule has 0 unspecified atom stereocenters. The zero-order valence-corrected chi connectivity index (χ0v) is 10.5. The minimum Gasteiger partial charge on any atom is -0.200 e. The van der Waals surface area contributed by atoms with Gasteiger partial charge in [-0.1, -0.05) is 17.7 Å². The van der Waals surface area contributed by atoms with E-state index in [0.29, 0.717) is 0 Å². The predicted octanol–water partition coefficient (Wildman–Crippen LogP) is 1.43. The van der Waals surface area contributed by atoms with Gasteiger partial charge in [-0.2, -0.15) is 23.2 Å². The molecule has 1 heterocycles. The van der Waals surface area contributed by atoms with Gasteiger partial charge in [0, 0.05) is 6.21 Å². The van der Waals surface area contributed by atoms with E-state index in [9.17, 15) is 8.42 Å². The summed E-state index contributed by atoms with van der Waals surface area (Å²) in [6, 6.07) is 7.41. The Morgan fingerprint density at radius 3 is 2.61 bits per heavy atom. The first-order valence-electron chi connectivity index (χ1n) is 5.27. The van der Waals surface area contributed by atoms with Crippen molar-refractivity contribution in [3.63, 3.8) is 0 Å². The third-order valence-corrected chi connectivity index (χ3v) is 4.18. The lowest BCUT2D eigenvalue weighted by atomic mass is 10.2. The number of benzene rings is 1.